The number of amides is 2. The molecule has 1 aromatic rings. The number of carbonyl (C=O) groups is 4. The zero-order chi connectivity index (χ0) is 25.4. The Bertz CT molecular complexity index is 1310. The van der Waals surface area contributed by atoms with E-state index in [4.69, 9.17) is 0 Å². The summed E-state index contributed by atoms with van der Waals surface area (Å²) < 4.78 is 42.5. The lowest BCUT2D eigenvalue weighted by atomic mass is 9.59. The van der Waals surface area contributed by atoms with Crippen LogP contribution in [0.15, 0.2) is 51.6 Å². The van der Waals surface area contributed by atoms with Crippen LogP contribution >= 0.6 is 15.9 Å². The molecule has 0 aromatic heterocycles. The van der Waals surface area contributed by atoms with Gasteiger partial charge in [0.05, 0.1) is 16.3 Å². The first kappa shape index (κ1) is 23.5. The van der Waals surface area contributed by atoms with Gasteiger partial charge in [-0.15, -0.1) is 13.2 Å². The fourth-order valence-corrected chi connectivity index (χ4v) is 5.95. The number of nitrogens with zero attached hydrogens (tertiary/aromatic N) is 1. The molecule has 1 heterocycles. The number of halogens is 4. The molecule has 4 atom stereocenters. The minimum atomic E-state index is -5.02. The number of hydroxylamine groups is 2. The van der Waals surface area contributed by atoms with Crippen LogP contribution in [-0.4, -0.2) is 45.1 Å². The molecule has 12 heteroatoms. The topological polar surface area (TPSA) is 121 Å². The van der Waals surface area contributed by atoms with Crippen molar-refractivity contribution < 1.29 is 47.4 Å². The first-order valence-electron chi connectivity index (χ1n) is 10.4. The smallest absolute Gasteiger partial charge is 0.508 e. The highest BCUT2D eigenvalue weighted by Crippen LogP contribution is 2.56. The number of ether oxygens (including phenoxy) is 1. The summed E-state index contributed by atoms with van der Waals surface area (Å²) in [7, 11) is 0. The number of fused-ring (bicyclic) bond motifs is 3. The number of phenolic OH excluding ortho intramolecular Hbond substituents is 1. The Kier molecular flexibility index (Phi) is 5.29. The second-order valence-corrected chi connectivity index (χ2v) is 9.50. The molecule has 1 aliphatic heterocycles. The molecule has 4 unspecified atom stereocenters. The molecule has 182 valence electrons. The van der Waals surface area contributed by atoms with Crippen molar-refractivity contribution >= 4 is 39.3 Å². The Balaban J connectivity index is 1.71. The minimum Gasteiger partial charge on any atom is -0.508 e. The van der Waals surface area contributed by atoms with Crippen LogP contribution in [0.1, 0.15) is 24.3 Å². The quantitative estimate of drug-likeness (QED) is 0.249. The number of alkyl halides is 3. The Labute approximate surface area is 203 Å². The molecular weight excluding hydrogens is 539 g/mol. The van der Waals surface area contributed by atoms with Gasteiger partial charge < -0.3 is 9.84 Å². The lowest BCUT2D eigenvalue weighted by molar-refractivity contribution is -0.274. The first-order chi connectivity index (χ1) is 16.4. The summed E-state index contributed by atoms with van der Waals surface area (Å²) >= 11 is 3.05. The van der Waals surface area contributed by atoms with E-state index in [1.807, 2.05) is 0 Å². The molecule has 35 heavy (non-hydrogen) atoms. The number of hydrogen-bond acceptors (Lipinski definition) is 7. The lowest BCUT2D eigenvalue weighted by Crippen LogP contribution is -2.39. The van der Waals surface area contributed by atoms with Gasteiger partial charge in [-0.1, -0.05) is 11.6 Å². The van der Waals surface area contributed by atoms with Crippen LogP contribution in [0, 0.1) is 17.8 Å². The van der Waals surface area contributed by atoms with Gasteiger partial charge in [0, 0.05) is 28.7 Å². The van der Waals surface area contributed by atoms with Gasteiger partial charge in [0.2, 0.25) is 0 Å². The van der Waals surface area contributed by atoms with Gasteiger partial charge in [0.1, 0.15) is 11.5 Å². The van der Waals surface area contributed by atoms with Crippen molar-refractivity contribution in [2.45, 2.75) is 25.1 Å². The summed E-state index contributed by atoms with van der Waals surface area (Å²) in [6.45, 7) is 0. The van der Waals surface area contributed by atoms with Crippen LogP contribution in [0.5, 0.6) is 11.5 Å². The zero-order valence-electron chi connectivity index (χ0n) is 17.5. The number of carbonyl (C=O) groups excluding carboxylic acids is 4. The van der Waals surface area contributed by atoms with Crippen molar-refractivity contribution in [3.63, 3.8) is 0 Å². The molecule has 1 saturated heterocycles. The van der Waals surface area contributed by atoms with Gasteiger partial charge in [-0.2, -0.15) is 5.06 Å². The van der Waals surface area contributed by atoms with Crippen LogP contribution in [0.3, 0.4) is 0 Å². The van der Waals surface area contributed by atoms with Gasteiger partial charge >= 0.3 is 6.36 Å². The van der Waals surface area contributed by atoms with E-state index in [0.29, 0.717) is 5.57 Å². The van der Waals surface area contributed by atoms with Crippen molar-refractivity contribution in [1.82, 2.24) is 5.06 Å². The molecular formula is C23H15BrF3NO7. The van der Waals surface area contributed by atoms with Crippen molar-refractivity contribution in [2.75, 3.05) is 0 Å². The fourth-order valence-electron chi connectivity index (χ4n) is 5.51. The average molecular weight is 554 g/mol. The molecule has 0 radical (unpaired) electrons. The van der Waals surface area contributed by atoms with Crippen LogP contribution in [0.2, 0.25) is 0 Å². The first-order valence-corrected chi connectivity index (χ1v) is 11.2. The summed E-state index contributed by atoms with van der Waals surface area (Å²) in [5.74, 6) is -7.79. The maximum Gasteiger partial charge on any atom is 0.573 e. The average Bonchev–Trinajstić information content (AvgIpc) is 3.00. The van der Waals surface area contributed by atoms with Crippen LogP contribution < -0.4 is 4.74 Å². The van der Waals surface area contributed by atoms with Crippen molar-refractivity contribution in [3.05, 3.63) is 57.1 Å². The van der Waals surface area contributed by atoms with Crippen molar-refractivity contribution in [2.24, 2.45) is 17.8 Å². The van der Waals surface area contributed by atoms with E-state index in [0.717, 1.165) is 24.3 Å². The molecule has 4 aliphatic rings. The van der Waals surface area contributed by atoms with E-state index in [-0.39, 0.29) is 39.1 Å². The highest BCUT2D eigenvalue weighted by atomic mass is 79.9. The molecule has 2 amide bonds. The summed E-state index contributed by atoms with van der Waals surface area (Å²) in [4.78, 5) is 51.2. The van der Waals surface area contributed by atoms with Gasteiger partial charge in [0.15, 0.2) is 11.6 Å². The van der Waals surface area contributed by atoms with Crippen LogP contribution in [-0.2, 0) is 19.2 Å². The van der Waals surface area contributed by atoms with E-state index in [1.165, 1.54) is 0 Å². The predicted molar refractivity (Wildman–Crippen MR) is 113 cm³/mol. The van der Waals surface area contributed by atoms with Crippen LogP contribution in [0.25, 0.3) is 0 Å². The number of aromatic hydroxyl groups is 1. The normalized spacial score (nSPS) is 28.4. The highest BCUT2D eigenvalue weighted by Gasteiger charge is 2.56. The molecule has 0 bridgehead atoms. The molecule has 1 aromatic carbocycles. The Hall–Kier alpha value is -3.25. The van der Waals surface area contributed by atoms with E-state index in [1.54, 1.807) is 6.08 Å². The number of ketones is 2. The third kappa shape index (κ3) is 3.62. The van der Waals surface area contributed by atoms with Gasteiger partial charge in [-0.05, 0) is 52.9 Å². The Morgan fingerprint density at radius 3 is 2.49 bits per heavy atom. The molecule has 0 spiro atoms. The molecule has 1 fully saturated rings. The zero-order valence-corrected chi connectivity index (χ0v) is 19.1. The molecule has 0 saturated carbocycles. The number of benzene rings is 1. The van der Waals surface area contributed by atoms with Gasteiger partial charge in [0.25, 0.3) is 11.8 Å². The number of rotatable bonds is 2. The van der Waals surface area contributed by atoms with Gasteiger partial charge in [-0.25, -0.2) is 0 Å². The van der Waals surface area contributed by atoms with E-state index >= 15 is 0 Å². The summed E-state index contributed by atoms with van der Waals surface area (Å²) in [6, 6.07) is 2.81. The summed E-state index contributed by atoms with van der Waals surface area (Å²) in [6.07, 6.45) is -2.45. The second kappa shape index (κ2) is 7.89. The largest absolute Gasteiger partial charge is 0.573 e. The Morgan fingerprint density at radius 1 is 1.09 bits per heavy atom. The van der Waals surface area contributed by atoms with Crippen molar-refractivity contribution in [3.8, 4) is 11.5 Å². The third-order valence-corrected chi connectivity index (χ3v) is 7.44. The minimum absolute atomic E-state index is 0.0235. The van der Waals surface area contributed by atoms with E-state index in [2.05, 4.69) is 20.7 Å². The third-order valence-electron chi connectivity index (χ3n) is 6.85. The van der Waals surface area contributed by atoms with E-state index < -0.39 is 64.9 Å². The van der Waals surface area contributed by atoms with Crippen LogP contribution in [0.4, 0.5) is 13.2 Å². The number of Topliss-reactive ketones (excluding diaryl/α,β-unsaturated/α-hetero) is 1. The van der Waals surface area contributed by atoms with Crippen molar-refractivity contribution in [1.29, 1.82) is 0 Å². The predicted octanol–water partition coefficient (Wildman–Crippen LogP) is 3.44. The van der Waals surface area contributed by atoms with Gasteiger partial charge in [-0.3, -0.25) is 24.4 Å². The lowest BCUT2D eigenvalue weighted by Gasteiger charge is -2.42. The second-order valence-electron chi connectivity index (χ2n) is 8.65. The fraction of sp³-hybridized carbons (Fsp3) is 0.304. The number of phenols is 1. The maximum atomic E-state index is 13.1. The standard InChI is InChI=1S/C23H15BrF3NO7/c24-14-7-16(30)19-13(20(14)31)6-11-9(2-3-10-18(11)22(33)28(34)21(10)32)17(19)12-5-8(1-4-15(12)29)35-23(25,26)27/h1-2,4-5,7,10-11,17-18,29,34H,3,6H2. The Morgan fingerprint density at radius 2 is 1.80 bits per heavy atom. The molecule has 2 N–H and O–H groups in total. The SMILES string of the molecule is O=C1C=C(Br)C(=O)C2=C1C(c1cc(OC(F)(F)F)ccc1O)C1=CCC3C(=O)N(O)C(=O)C3C1C2. The summed E-state index contributed by atoms with van der Waals surface area (Å²) in [5.41, 5.74) is 0.263. The molecule has 8 nitrogen and oxygen atoms in total. The number of allylic oxidation sites excluding steroid dienone is 6. The maximum absolute atomic E-state index is 13.1. The monoisotopic (exact) mass is 553 g/mol. The van der Waals surface area contributed by atoms with E-state index in [9.17, 15) is 42.7 Å². The summed E-state index contributed by atoms with van der Waals surface area (Å²) in [5, 5.41) is 20.6. The number of imide groups is 1. The molecule has 3 aliphatic carbocycles. The highest BCUT2D eigenvalue weighted by molar-refractivity contribution is 9.12. The molecule has 5 rings (SSSR count). The number of hydrogen-bond donors (Lipinski definition) is 2.